The van der Waals surface area contributed by atoms with Crippen LogP contribution < -0.4 is 0 Å². The van der Waals surface area contributed by atoms with Gasteiger partial charge in [-0.2, -0.15) is 0 Å². The number of carbonyl (C=O) groups excluding carboxylic acids is 1. The summed E-state index contributed by atoms with van der Waals surface area (Å²) in [5.74, 6) is -0.0863. The zero-order valence-electron chi connectivity index (χ0n) is 14.9. The highest BCUT2D eigenvalue weighted by atomic mass is 79.9. The first kappa shape index (κ1) is 22.6. The molecule has 0 radical (unpaired) electrons. The number of carbonyl (C=O) groups is 1. The van der Waals surface area contributed by atoms with Crippen LogP contribution in [0.1, 0.15) is 77.6 Å². The van der Waals surface area contributed by atoms with Gasteiger partial charge in [-0.05, 0) is 44.9 Å². The molecule has 0 heterocycles. The van der Waals surface area contributed by atoms with Gasteiger partial charge >= 0.3 is 5.97 Å². The first-order chi connectivity index (χ1) is 11.3. The van der Waals surface area contributed by atoms with Crippen molar-refractivity contribution in [2.75, 3.05) is 25.2 Å². The van der Waals surface area contributed by atoms with E-state index >= 15 is 0 Å². The second kappa shape index (κ2) is 19.7. The number of rotatable bonds is 17. The first-order valence-electron chi connectivity index (χ1n) is 9.25. The van der Waals surface area contributed by atoms with E-state index in [0.717, 1.165) is 44.0 Å². The van der Waals surface area contributed by atoms with Gasteiger partial charge in [0.1, 0.15) is 0 Å². The average Bonchev–Trinajstić information content (AvgIpc) is 2.56. The number of hydrogen-bond donors (Lipinski definition) is 0. The van der Waals surface area contributed by atoms with Gasteiger partial charge in [0, 0.05) is 25.0 Å². The monoisotopic (exact) mass is 390 g/mol. The number of hydrogen-bond acceptors (Lipinski definition) is 3. The fourth-order valence-corrected chi connectivity index (χ4v) is 2.55. The van der Waals surface area contributed by atoms with Gasteiger partial charge in [0.15, 0.2) is 0 Å². The smallest absolute Gasteiger partial charge is 0.305 e. The summed E-state index contributed by atoms with van der Waals surface area (Å²) in [4.78, 5) is 11.5. The minimum absolute atomic E-state index is 0.0863. The van der Waals surface area contributed by atoms with Gasteiger partial charge in [0.25, 0.3) is 0 Å². The lowest BCUT2D eigenvalue weighted by atomic mass is 10.2. The van der Waals surface area contributed by atoms with Crippen molar-refractivity contribution in [3.8, 4) is 0 Å². The van der Waals surface area contributed by atoms with Gasteiger partial charge in [-0.1, -0.05) is 54.3 Å². The van der Waals surface area contributed by atoms with E-state index in [-0.39, 0.29) is 5.97 Å². The van der Waals surface area contributed by atoms with Crippen molar-refractivity contribution >= 4 is 21.9 Å². The number of allylic oxidation sites excluding steroid dienone is 2. The largest absolute Gasteiger partial charge is 0.466 e. The van der Waals surface area contributed by atoms with E-state index < -0.39 is 0 Å². The number of ether oxygens (including phenoxy) is 2. The number of alkyl halides is 1. The van der Waals surface area contributed by atoms with Gasteiger partial charge in [0.2, 0.25) is 0 Å². The van der Waals surface area contributed by atoms with E-state index in [0.29, 0.717) is 19.6 Å². The molecular weight excluding hydrogens is 356 g/mol. The Kier molecular flexibility index (Phi) is 19.4. The molecule has 0 aliphatic carbocycles. The minimum atomic E-state index is -0.0863. The van der Waals surface area contributed by atoms with Crippen LogP contribution >= 0.6 is 15.9 Å². The molecule has 0 aliphatic rings. The fraction of sp³-hybridized carbons (Fsp3) is 0.842. The molecule has 0 aliphatic heterocycles. The average molecular weight is 391 g/mol. The van der Waals surface area contributed by atoms with E-state index in [2.05, 4.69) is 35.0 Å². The zero-order chi connectivity index (χ0) is 17.0. The Balaban J connectivity index is 3.16. The van der Waals surface area contributed by atoms with Crippen molar-refractivity contribution in [2.45, 2.75) is 77.6 Å². The SMILES string of the molecule is CC/C=C\CCCCCOCCCC(=O)OCCCCCCBr. The van der Waals surface area contributed by atoms with Crippen LogP contribution in [0.2, 0.25) is 0 Å². The maximum atomic E-state index is 11.5. The van der Waals surface area contributed by atoms with Crippen LogP contribution in [0.5, 0.6) is 0 Å². The van der Waals surface area contributed by atoms with Gasteiger partial charge in [-0.15, -0.1) is 0 Å². The summed E-state index contributed by atoms with van der Waals surface area (Å²) in [5, 5.41) is 1.06. The van der Waals surface area contributed by atoms with Crippen molar-refractivity contribution in [1.82, 2.24) is 0 Å². The third-order valence-electron chi connectivity index (χ3n) is 3.52. The topological polar surface area (TPSA) is 35.5 Å². The standard InChI is InChI=1S/C19H35BrO3/c1-2-3-4-5-6-8-11-16-22-17-13-14-19(21)23-18-12-9-7-10-15-20/h3-4H,2,5-18H2,1H3/b4-3-. The second-order valence-electron chi connectivity index (χ2n) is 5.77. The molecule has 0 aromatic rings. The molecule has 0 saturated carbocycles. The lowest BCUT2D eigenvalue weighted by Crippen LogP contribution is -2.07. The Bertz CT molecular complexity index is 280. The van der Waals surface area contributed by atoms with E-state index in [1.807, 2.05) is 0 Å². The Morgan fingerprint density at radius 1 is 0.870 bits per heavy atom. The lowest BCUT2D eigenvalue weighted by molar-refractivity contribution is -0.144. The summed E-state index contributed by atoms with van der Waals surface area (Å²) in [7, 11) is 0. The quantitative estimate of drug-likeness (QED) is 0.136. The van der Waals surface area contributed by atoms with Crippen LogP contribution in [-0.4, -0.2) is 31.1 Å². The predicted molar refractivity (Wildman–Crippen MR) is 101 cm³/mol. The normalized spacial score (nSPS) is 11.2. The van der Waals surface area contributed by atoms with Crippen molar-refractivity contribution in [2.24, 2.45) is 0 Å². The van der Waals surface area contributed by atoms with Gasteiger partial charge in [0.05, 0.1) is 6.61 Å². The number of halogens is 1. The Morgan fingerprint density at radius 2 is 1.57 bits per heavy atom. The summed E-state index contributed by atoms with van der Waals surface area (Å²) in [6.07, 6.45) is 16.1. The summed E-state index contributed by atoms with van der Waals surface area (Å²) in [6, 6.07) is 0. The third kappa shape index (κ3) is 19.6. The molecule has 0 atom stereocenters. The fourth-order valence-electron chi connectivity index (χ4n) is 2.16. The third-order valence-corrected chi connectivity index (χ3v) is 4.08. The highest BCUT2D eigenvalue weighted by Gasteiger charge is 2.02. The van der Waals surface area contributed by atoms with Crippen LogP contribution in [-0.2, 0) is 14.3 Å². The van der Waals surface area contributed by atoms with Gasteiger partial charge < -0.3 is 9.47 Å². The minimum Gasteiger partial charge on any atom is -0.466 e. The van der Waals surface area contributed by atoms with Crippen LogP contribution in [0.4, 0.5) is 0 Å². The van der Waals surface area contributed by atoms with Crippen molar-refractivity contribution in [3.63, 3.8) is 0 Å². The maximum Gasteiger partial charge on any atom is 0.305 e. The number of unbranched alkanes of at least 4 members (excludes halogenated alkanes) is 6. The molecule has 0 spiro atoms. The molecule has 0 aromatic heterocycles. The summed E-state index contributed by atoms with van der Waals surface area (Å²) in [6.45, 7) is 4.19. The van der Waals surface area contributed by atoms with Crippen molar-refractivity contribution in [1.29, 1.82) is 0 Å². The second-order valence-corrected chi connectivity index (χ2v) is 6.56. The van der Waals surface area contributed by atoms with Crippen LogP contribution in [0, 0.1) is 0 Å². The summed E-state index contributed by atoms with van der Waals surface area (Å²) < 4.78 is 10.8. The van der Waals surface area contributed by atoms with E-state index in [1.165, 1.54) is 32.1 Å². The summed E-state index contributed by atoms with van der Waals surface area (Å²) >= 11 is 3.41. The van der Waals surface area contributed by atoms with Crippen LogP contribution in [0.15, 0.2) is 12.2 Å². The lowest BCUT2D eigenvalue weighted by Gasteiger charge is -2.06. The molecule has 136 valence electrons. The molecule has 23 heavy (non-hydrogen) atoms. The predicted octanol–water partition coefficient (Wildman–Crippen LogP) is 5.81. The highest BCUT2D eigenvalue weighted by Crippen LogP contribution is 2.04. The zero-order valence-corrected chi connectivity index (χ0v) is 16.5. The molecule has 0 bridgehead atoms. The van der Waals surface area contributed by atoms with Crippen LogP contribution in [0.25, 0.3) is 0 Å². The maximum absolute atomic E-state index is 11.5. The van der Waals surface area contributed by atoms with E-state index in [1.54, 1.807) is 0 Å². The molecule has 0 fully saturated rings. The summed E-state index contributed by atoms with van der Waals surface area (Å²) in [5.41, 5.74) is 0. The molecule has 0 saturated heterocycles. The highest BCUT2D eigenvalue weighted by molar-refractivity contribution is 9.09. The van der Waals surface area contributed by atoms with Gasteiger partial charge in [-0.25, -0.2) is 0 Å². The molecule has 0 N–H and O–H groups in total. The Labute approximate surface area is 151 Å². The molecule has 3 nitrogen and oxygen atoms in total. The van der Waals surface area contributed by atoms with E-state index in [9.17, 15) is 4.79 Å². The molecule has 0 unspecified atom stereocenters. The molecule has 4 heteroatoms. The Morgan fingerprint density at radius 3 is 2.35 bits per heavy atom. The molecule has 0 rings (SSSR count). The van der Waals surface area contributed by atoms with Gasteiger partial charge in [-0.3, -0.25) is 4.79 Å². The Hall–Kier alpha value is -0.350. The van der Waals surface area contributed by atoms with Crippen molar-refractivity contribution in [3.05, 3.63) is 12.2 Å². The van der Waals surface area contributed by atoms with Crippen molar-refractivity contribution < 1.29 is 14.3 Å². The molecule has 0 aromatic carbocycles. The molecular formula is C19H35BrO3. The van der Waals surface area contributed by atoms with Crippen LogP contribution in [0.3, 0.4) is 0 Å². The van der Waals surface area contributed by atoms with E-state index in [4.69, 9.17) is 9.47 Å². The first-order valence-corrected chi connectivity index (χ1v) is 10.4. The molecule has 0 amide bonds. The number of esters is 1.